The largest absolute Gasteiger partial charge is 0.383 e. The van der Waals surface area contributed by atoms with Crippen molar-refractivity contribution in [3.63, 3.8) is 0 Å². The molecular weight excluding hydrogens is 325 g/mol. The van der Waals surface area contributed by atoms with Crippen molar-refractivity contribution in [3.8, 4) is 0 Å². The monoisotopic (exact) mass is 345 g/mol. The van der Waals surface area contributed by atoms with Gasteiger partial charge in [-0.3, -0.25) is 0 Å². The highest BCUT2D eigenvalue weighted by molar-refractivity contribution is 14.1. The maximum Gasteiger partial charge on any atom is 0.140 e. The van der Waals surface area contributed by atoms with E-state index in [0.717, 1.165) is 21.5 Å². The Labute approximate surface area is 117 Å². The number of halogens is 1. The lowest BCUT2D eigenvalue weighted by molar-refractivity contribution is 0.558. The molecule has 2 rings (SSSR count). The predicted octanol–water partition coefficient (Wildman–Crippen LogP) is 3.66. The normalized spacial score (nSPS) is 18.0. The van der Waals surface area contributed by atoms with Crippen LogP contribution < -0.4 is 5.73 Å². The van der Waals surface area contributed by atoms with Gasteiger partial charge in [0.25, 0.3) is 0 Å². The number of hydrogen-bond donors (Lipinski definition) is 1. The number of nitrogens with zero attached hydrogens (tertiary/aromatic N) is 2. The van der Waals surface area contributed by atoms with Gasteiger partial charge < -0.3 is 5.73 Å². The summed E-state index contributed by atoms with van der Waals surface area (Å²) in [6.07, 6.45) is 8.72. The topological polar surface area (TPSA) is 51.8 Å². The van der Waals surface area contributed by atoms with E-state index < -0.39 is 0 Å². The lowest BCUT2D eigenvalue weighted by Gasteiger charge is -2.15. The minimum Gasteiger partial charge on any atom is -0.383 e. The molecule has 1 aromatic heterocycles. The summed E-state index contributed by atoms with van der Waals surface area (Å²) in [5.74, 6) is 2.18. The first-order valence-electron chi connectivity index (χ1n) is 6.54. The molecule has 0 aromatic carbocycles. The standard InChI is InChI=1S/C13H20IN3/c1-2-10-11(14)12(15)17-13(16-10)9-7-5-3-4-6-8-9/h9H,2-8H2,1H3,(H2,15,16,17). The van der Waals surface area contributed by atoms with Gasteiger partial charge in [-0.05, 0) is 41.9 Å². The van der Waals surface area contributed by atoms with Crippen LogP contribution in [0.1, 0.15) is 62.9 Å². The summed E-state index contributed by atoms with van der Waals surface area (Å²) in [6.45, 7) is 2.13. The van der Waals surface area contributed by atoms with Gasteiger partial charge in [0.05, 0.1) is 9.26 Å². The van der Waals surface area contributed by atoms with E-state index in [2.05, 4.69) is 34.5 Å². The van der Waals surface area contributed by atoms with Crippen LogP contribution in [-0.4, -0.2) is 9.97 Å². The summed E-state index contributed by atoms with van der Waals surface area (Å²) < 4.78 is 1.03. The van der Waals surface area contributed by atoms with Crippen LogP contribution in [0.15, 0.2) is 0 Å². The molecule has 4 heteroatoms. The van der Waals surface area contributed by atoms with Crippen LogP contribution >= 0.6 is 22.6 Å². The number of hydrogen-bond acceptors (Lipinski definition) is 3. The third kappa shape index (κ3) is 3.09. The van der Waals surface area contributed by atoms with Gasteiger partial charge in [0.1, 0.15) is 11.6 Å². The predicted molar refractivity (Wildman–Crippen MR) is 79.0 cm³/mol. The van der Waals surface area contributed by atoms with Crippen molar-refractivity contribution < 1.29 is 0 Å². The molecule has 0 aliphatic heterocycles. The Bertz CT molecular complexity index is 384. The fraction of sp³-hybridized carbons (Fsp3) is 0.692. The van der Waals surface area contributed by atoms with E-state index >= 15 is 0 Å². The molecule has 1 fully saturated rings. The second-order valence-electron chi connectivity index (χ2n) is 4.77. The van der Waals surface area contributed by atoms with Gasteiger partial charge in [-0.25, -0.2) is 9.97 Å². The number of anilines is 1. The molecule has 0 spiro atoms. The number of aromatic nitrogens is 2. The third-order valence-corrected chi connectivity index (χ3v) is 4.69. The summed E-state index contributed by atoms with van der Waals surface area (Å²) in [4.78, 5) is 9.22. The number of nitrogens with two attached hydrogens (primary N) is 1. The fourth-order valence-electron chi connectivity index (χ4n) is 2.49. The first-order chi connectivity index (χ1) is 8.22. The summed E-state index contributed by atoms with van der Waals surface area (Å²) >= 11 is 2.25. The van der Waals surface area contributed by atoms with Crippen LogP contribution in [0.5, 0.6) is 0 Å². The van der Waals surface area contributed by atoms with Gasteiger partial charge in [0.2, 0.25) is 0 Å². The van der Waals surface area contributed by atoms with Gasteiger partial charge in [-0.2, -0.15) is 0 Å². The van der Waals surface area contributed by atoms with Crippen molar-refractivity contribution in [3.05, 3.63) is 15.1 Å². The molecule has 0 amide bonds. The highest BCUT2D eigenvalue weighted by atomic mass is 127. The number of nitrogen functional groups attached to an aromatic ring is 1. The maximum atomic E-state index is 5.98. The van der Waals surface area contributed by atoms with E-state index in [-0.39, 0.29) is 0 Å². The van der Waals surface area contributed by atoms with Crippen LogP contribution in [0, 0.1) is 3.57 Å². The number of aryl methyl sites for hydroxylation is 1. The Kier molecular flexibility index (Phi) is 4.59. The lowest BCUT2D eigenvalue weighted by Crippen LogP contribution is -2.10. The molecule has 1 saturated carbocycles. The van der Waals surface area contributed by atoms with Crippen LogP contribution in [-0.2, 0) is 6.42 Å². The molecule has 0 saturated heterocycles. The molecule has 3 nitrogen and oxygen atoms in total. The van der Waals surface area contributed by atoms with Crippen LogP contribution in [0.3, 0.4) is 0 Å². The molecule has 94 valence electrons. The molecule has 0 bridgehead atoms. The first-order valence-corrected chi connectivity index (χ1v) is 7.62. The van der Waals surface area contributed by atoms with E-state index in [9.17, 15) is 0 Å². The van der Waals surface area contributed by atoms with Gasteiger partial charge >= 0.3 is 0 Å². The highest BCUT2D eigenvalue weighted by Gasteiger charge is 2.19. The zero-order chi connectivity index (χ0) is 12.3. The molecule has 0 atom stereocenters. The Morgan fingerprint density at radius 3 is 2.41 bits per heavy atom. The average molecular weight is 345 g/mol. The van der Waals surface area contributed by atoms with Crippen molar-refractivity contribution in [1.29, 1.82) is 0 Å². The Hall–Kier alpha value is -0.390. The molecular formula is C13H20IN3. The summed E-state index contributed by atoms with van der Waals surface area (Å²) in [7, 11) is 0. The molecule has 1 aliphatic rings. The summed E-state index contributed by atoms with van der Waals surface area (Å²) in [5, 5.41) is 0. The Balaban J connectivity index is 2.27. The first kappa shape index (κ1) is 13.1. The van der Waals surface area contributed by atoms with Gasteiger partial charge in [-0.1, -0.05) is 32.6 Å². The molecule has 17 heavy (non-hydrogen) atoms. The Morgan fingerprint density at radius 1 is 1.18 bits per heavy atom. The highest BCUT2D eigenvalue weighted by Crippen LogP contribution is 2.31. The van der Waals surface area contributed by atoms with Crippen molar-refractivity contribution in [1.82, 2.24) is 9.97 Å². The van der Waals surface area contributed by atoms with E-state index in [1.165, 1.54) is 38.5 Å². The van der Waals surface area contributed by atoms with Crippen LogP contribution in [0.25, 0.3) is 0 Å². The van der Waals surface area contributed by atoms with Crippen molar-refractivity contribution in [2.45, 2.75) is 57.8 Å². The third-order valence-electron chi connectivity index (χ3n) is 3.52. The van der Waals surface area contributed by atoms with Gasteiger partial charge in [0.15, 0.2) is 0 Å². The maximum absolute atomic E-state index is 5.98. The lowest BCUT2D eigenvalue weighted by atomic mass is 9.99. The average Bonchev–Trinajstić information content (AvgIpc) is 2.61. The van der Waals surface area contributed by atoms with Crippen LogP contribution in [0.4, 0.5) is 5.82 Å². The quantitative estimate of drug-likeness (QED) is 0.657. The molecule has 0 radical (unpaired) electrons. The molecule has 1 aliphatic carbocycles. The van der Waals surface area contributed by atoms with E-state index in [4.69, 9.17) is 10.7 Å². The van der Waals surface area contributed by atoms with Crippen molar-refractivity contribution in [2.24, 2.45) is 0 Å². The molecule has 1 aromatic rings. The van der Waals surface area contributed by atoms with E-state index in [0.29, 0.717) is 11.7 Å². The number of rotatable bonds is 2. The molecule has 0 unspecified atom stereocenters. The smallest absolute Gasteiger partial charge is 0.140 e. The second kappa shape index (κ2) is 5.98. The SMILES string of the molecule is CCc1nc(C2CCCCCC2)nc(N)c1I. The van der Waals surface area contributed by atoms with Gasteiger partial charge in [-0.15, -0.1) is 0 Å². The second-order valence-corrected chi connectivity index (χ2v) is 5.85. The minimum absolute atomic E-state index is 0.530. The zero-order valence-electron chi connectivity index (χ0n) is 10.4. The fourth-order valence-corrected chi connectivity index (χ4v) is 3.11. The summed E-state index contributed by atoms with van der Waals surface area (Å²) in [6, 6.07) is 0. The minimum atomic E-state index is 0.530. The molecule has 1 heterocycles. The zero-order valence-corrected chi connectivity index (χ0v) is 12.5. The molecule has 2 N–H and O–H groups in total. The van der Waals surface area contributed by atoms with Crippen molar-refractivity contribution >= 4 is 28.4 Å². The van der Waals surface area contributed by atoms with E-state index in [1.54, 1.807) is 0 Å². The van der Waals surface area contributed by atoms with Crippen molar-refractivity contribution in [2.75, 3.05) is 5.73 Å². The Morgan fingerprint density at radius 2 is 1.82 bits per heavy atom. The van der Waals surface area contributed by atoms with Gasteiger partial charge in [0, 0.05) is 5.92 Å². The summed E-state index contributed by atoms with van der Waals surface area (Å²) in [5.41, 5.74) is 7.09. The van der Waals surface area contributed by atoms with E-state index in [1.807, 2.05) is 0 Å². The van der Waals surface area contributed by atoms with Crippen LogP contribution in [0.2, 0.25) is 0 Å².